The Kier molecular flexibility index (Phi) is 14.4. The molecule has 16 aromatic carbocycles. The van der Waals surface area contributed by atoms with Gasteiger partial charge in [-0.1, -0.05) is 140 Å². The van der Waals surface area contributed by atoms with E-state index in [1.165, 1.54) is 57.0 Å². The zero-order chi connectivity index (χ0) is 69.5. The third kappa shape index (κ3) is 9.72. The first kappa shape index (κ1) is 61.5. The Morgan fingerprint density at radius 3 is 1.27 bits per heavy atom. The molecule has 0 amide bonds. The molecule has 0 aliphatic carbocycles. The van der Waals surface area contributed by atoms with Crippen LogP contribution in [0.4, 0.5) is 85.3 Å². The van der Waals surface area contributed by atoms with Gasteiger partial charge >= 0.3 is 381 Å². The predicted octanol–water partition coefficient (Wildman–Crippen LogP) is 21.2. The molecule has 6 nitrogen and oxygen atoms in total. The minimum atomic E-state index is -0.589. The van der Waals surface area contributed by atoms with Gasteiger partial charge < -0.3 is 14.5 Å². The van der Waals surface area contributed by atoms with Crippen molar-refractivity contribution < 1.29 is 4.74 Å². The van der Waals surface area contributed by atoms with Crippen molar-refractivity contribution in [2.24, 2.45) is 0 Å². The topological polar surface area (TPSA) is 25.4 Å². The molecular formula is C96H61B2N5OTe2. The summed E-state index contributed by atoms with van der Waals surface area (Å²) in [5.41, 5.74) is 27.9. The standard InChI is InChI=1S/C96H61B2N5OTe2/c1-7-28-62(29-8-1)72-42-27-43-73(63-30-9-2-10-31-63)96(72)103-84-61-88-81(98-79-45-22-23-46-82(79)101(67-38-17-6-18-39-67)87-58-71(59-89(104-88)95(87)98)99(64-32-11-3-12-33-64)65-34-13-4-14-35-65)60-80(84)97-78-44-21-24-47-83(78)102(69-51-53-93-77(55-69)75-41-20-26-49-91(75)106-93)85-56-70(57-86(103)94(85)97)100(66-36-15-5-16-37-66)68-50-52-92-76(54-68)74-40-19-25-48-90(74)105-92/h1-61H. The monoisotopic (exact) mass is 1580 g/mol. The molecule has 22 rings (SSSR count). The van der Waals surface area contributed by atoms with Crippen molar-refractivity contribution in [1.82, 2.24) is 0 Å². The van der Waals surface area contributed by atoms with Crippen LogP contribution >= 0.6 is 0 Å². The quantitative estimate of drug-likeness (QED) is 0.120. The smallest absolute Gasteiger partial charge is 0.458 e. The van der Waals surface area contributed by atoms with Crippen molar-refractivity contribution in [2.45, 2.75) is 0 Å². The third-order valence-corrected chi connectivity index (χ3v) is 28.6. The van der Waals surface area contributed by atoms with Crippen molar-refractivity contribution >= 4 is 208 Å². The molecule has 0 bridgehead atoms. The van der Waals surface area contributed by atoms with E-state index in [9.17, 15) is 0 Å². The summed E-state index contributed by atoms with van der Waals surface area (Å²) in [4.78, 5) is 12.7. The van der Waals surface area contributed by atoms with Crippen LogP contribution in [-0.2, 0) is 0 Å². The molecule has 4 aliphatic rings. The first-order valence-electron chi connectivity index (χ1n) is 36.3. The zero-order valence-electron chi connectivity index (χ0n) is 57.3. The molecule has 0 spiro atoms. The summed E-state index contributed by atoms with van der Waals surface area (Å²) in [5, 5.41) is 5.39. The van der Waals surface area contributed by atoms with Crippen molar-refractivity contribution in [1.29, 1.82) is 0 Å². The van der Waals surface area contributed by atoms with E-state index in [-0.39, 0.29) is 13.4 Å². The van der Waals surface area contributed by atoms with Gasteiger partial charge in [0.15, 0.2) is 0 Å². The molecular weight excluding hydrogens is 1520 g/mol. The molecule has 106 heavy (non-hydrogen) atoms. The van der Waals surface area contributed by atoms with Gasteiger partial charge in [0, 0.05) is 34.5 Å². The van der Waals surface area contributed by atoms with Crippen LogP contribution < -0.4 is 62.0 Å². The van der Waals surface area contributed by atoms with Gasteiger partial charge in [-0.3, -0.25) is 0 Å². The molecule has 4 aliphatic heterocycles. The maximum atomic E-state index is 8.01. The molecule has 0 radical (unpaired) electrons. The van der Waals surface area contributed by atoms with E-state index in [0.717, 1.165) is 130 Å². The SMILES string of the molecule is c1ccc(-c2cccc(-c3ccccc3)c2N2c3cc4c(cc3B3c5ccccc5N(c5ccc6[te]c7ccccc7c6c5)c5cc(N(c6ccccc6)c6ccc7[te]c8ccccc8c7c6)cc2c53)B2c3ccccc3N(c3ccccc3)c3cc(N(c5ccccc5)c5ccccc5)cc(c32)O4)cc1. The summed E-state index contributed by atoms with van der Waals surface area (Å²) in [5.74, 6) is 1.63. The van der Waals surface area contributed by atoms with Gasteiger partial charge in [0.1, 0.15) is 5.75 Å². The van der Waals surface area contributed by atoms with Crippen molar-refractivity contribution in [3.8, 4) is 33.8 Å². The van der Waals surface area contributed by atoms with E-state index < -0.39 is 40.9 Å². The van der Waals surface area contributed by atoms with Crippen molar-refractivity contribution in [3.63, 3.8) is 0 Å². The van der Waals surface area contributed by atoms with Crippen molar-refractivity contribution in [2.75, 3.05) is 24.5 Å². The molecule has 10 heteroatoms. The molecule has 0 fully saturated rings. The first-order valence-corrected chi connectivity index (χ1v) is 40.9. The average molecular weight is 1580 g/mol. The van der Waals surface area contributed by atoms with E-state index in [4.69, 9.17) is 4.74 Å². The van der Waals surface area contributed by atoms with Gasteiger partial charge in [0.25, 0.3) is 0 Å². The number of rotatable bonds is 11. The van der Waals surface area contributed by atoms with E-state index in [1.807, 2.05) is 0 Å². The number of para-hydroxylation sites is 7. The molecule has 0 atom stereocenters. The van der Waals surface area contributed by atoms with Gasteiger partial charge in [0.2, 0.25) is 0 Å². The normalized spacial score (nSPS) is 12.9. The van der Waals surface area contributed by atoms with Crippen LogP contribution in [0, 0.1) is 0 Å². The predicted molar refractivity (Wildman–Crippen MR) is 450 cm³/mol. The minimum Gasteiger partial charge on any atom is -0.458 e. The van der Waals surface area contributed by atoms with E-state index >= 15 is 0 Å². The number of hydrogen-bond acceptors (Lipinski definition) is 6. The van der Waals surface area contributed by atoms with Crippen LogP contribution in [0.25, 0.3) is 57.4 Å². The Morgan fingerprint density at radius 2 is 0.689 bits per heavy atom. The summed E-state index contributed by atoms with van der Waals surface area (Å²) in [6.07, 6.45) is 0. The van der Waals surface area contributed by atoms with Gasteiger partial charge in [0.05, 0.1) is 5.69 Å². The molecule has 2 aromatic heterocycles. The molecule has 0 unspecified atom stereocenters. The Bertz CT molecular complexity index is 6460. The number of anilines is 15. The second-order valence-electron chi connectivity index (χ2n) is 27.8. The maximum absolute atomic E-state index is 8.01. The summed E-state index contributed by atoms with van der Waals surface area (Å²) in [6.45, 7) is -0.484. The Hall–Kier alpha value is -12.0. The fourth-order valence-electron chi connectivity index (χ4n) is 17.6. The summed E-state index contributed by atoms with van der Waals surface area (Å²) < 4.78 is 13.9. The number of hydrogen-bond donors (Lipinski definition) is 0. The van der Waals surface area contributed by atoms with Crippen LogP contribution in [0.5, 0.6) is 11.5 Å². The third-order valence-electron chi connectivity index (χ3n) is 22.0. The Morgan fingerprint density at radius 1 is 0.245 bits per heavy atom. The first-order chi connectivity index (χ1) is 52.6. The van der Waals surface area contributed by atoms with E-state index in [2.05, 4.69) is 395 Å². The zero-order valence-corrected chi connectivity index (χ0v) is 62.0. The van der Waals surface area contributed by atoms with E-state index in [1.54, 1.807) is 0 Å². The van der Waals surface area contributed by atoms with Crippen LogP contribution in [0.2, 0.25) is 0 Å². The summed E-state index contributed by atoms with van der Waals surface area (Å²) in [7, 11) is 0. The number of fused-ring (bicyclic) bond motifs is 14. The van der Waals surface area contributed by atoms with Crippen LogP contribution in [0.15, 0.2) is 370 Å². The van der Waals surface area contributed by atoms with Gasteiger partial charge in [-0.25, -0.2) is 0 Å². The minimum absolute atomic E-state index is 0.228. The second-order valence-corrected chi connectivity index (χ2v) is 34.0. The van der Waals surface area contributed by atoms with Gasteiger partial charge in [-0.15, -0.1) is 0 Å². The average Bonchev–Trinajstić information content (AvgIpc) is 0.744. The van der Waals surface area contributed by atoms with Crippen LogP contribution in [0.1, 0.15) is 0 Å². The van der Waals surface area contributed by atoms with Crippen LogP contribution in [-0.4, -0.2) is 54.3 Å². The molecule has 0 N–H and O–H groups in total. The fourth-order valence-corrected chi connectivity index (χ4v) is 23.8. The summed E-state index contributed by atoms with van der Waals surface area (Å²) >= 11 is -1.16. The number of ether oxygens (including phenoxy) is 1. The second kappa shape index (κ2) is 24.9. The van der Waals surface area contributed by atoms with Crippen LogP contribution in [0.3, 0.4) is 0 Å². The Balaban J connectivity index is 0.869. The molecule has 494 valence electrons. The molecule has 0 saturated heterocycles. The fraction of sp³-hybridized carbons (Fsp3) is 0. The Labute approximate surface area is 635 Å². The number of nitrogens with zero attached hydrogens (tertiary/aromatic N) is 5. The van der Waals surface area contributed by atoms with Gasteiger partial charge in [-0.05, 0) is 59.5 Å². The molecule has 18 aromatic rings. The van der Waals surface area contributed by atoms with Crippen molar-refractivity contribution in [3.05, 3.63) is 370 Å². The summed E-state index contributed by atoms with van der Waals surface area (Å²) in [6, 6.07) is 139. The molecule has 6 heterocycles. The number of benzene rings is 16. The molecule has 0 saturated carbocycles. The van der Waals surface area contributed by atoms with Gasteiger partial charge in [-0.2, -0.15) is 0 Å². The van der Waals surface area contributed by atoms with E-state index in [0.29, 0.717) is 0 Å².